The number of carboxylic acids is 1. The zero-order valence-electron chi connectivity index (χ0n) is 8.00. The molecule has 4 nitrogen and oxygen atoms in total. The topological polar surface area (TPSA) is 77.4 Å². The predicted octanol–water partition coefficient (Wildman–Crippen LogP) is 0.711. The molecule has 0 aromatic rings. The molecule has 76 valence electrons. The van der Waals surface area contributed by atoms with Gasteiger partial charge in [-0.15, -0.1) is 12.3 Å². The van der Waals surface area contributed by atoms with Gasteiger partial charge in [0.2, 0.25) is 0 Å². The van der Waals surface area contributed by atoms with Crippen molar-refractivity contribution in [1.82, 2.24) is 0 Å². The van der Waals surface area contributed by atoms with Crippen molar-refractivity contribution in [2.75, 3.05) is 0 Å². The number of hydrogen-bond donors (Lipinski definition) is 1. The van der Waals surface area contributed by atoms with E-state index in [1.54, 1.807) is 0 Å². The Morgan fingerprint density at radius 3 is 1.92 bits per heavy atom. The first kappa shape index (κ1) is 14.2. The van der Waals surface area contributed by atoms with E-state index in [1.807, 2.05) is 6.92 Å². The second-order valence-corrected chi connectivity index (χ2v) is 2.56. The lowest BCUT2D eigenvalue weighted by Gasteiger charge is -2.03. The molecule has 0 heterocycles. The summed E-state index contributed by atoms with van der Waals surface area (Å²) in [6.07, 6.45) is 1.18. The van der Waals surface area contributed by atoms with Gasteiger partial charge in [0.25, 0.3) is 0 Å². The number of rotatable bonds is 4. The summed E-state index contributed by atoms with van der Waals surface area (Å²) in [6, 6.07) is 0. The number of carbonyl (C=O) groups excluding carboxylic acids is 1. The quantitative estimate of drug-likeness (QED) is 0.519. The van der Waals surface area contributed by atoms with Crippen molar-refractivity contribution >= 4 is 11.8 Å². The molecule has 0 saturated carbocycles. The van der Waals surface area contributed by atoms with Gasteiger partial charge in [0, 0.05) is 0 Å². The molecule has 0 aromatic heterocycles. The van der Waals surface area contributed by atoms with Gasteiger partial charge in [-0.25, -0.2) is 0 Å². The molecular formula is C9H15O4-. The molecule has 1 N–H and O–H groups in total. The van der Waals surface area contributed by atoms with Crippen LogP contribution in [-0.4, -0.2) is 16.9 Å². The molecule has 0 spiro atoms. The van der Waals surface area contributed by atoms with E-state index in [0.717, 1.165) is 6.42 Å². The number of aliphatic carboxylic acids is 1. The normalized spacial score (nSPS) is 8.15. The molecule has 0 fully saturated rings. The highest BCUT2D eigenvalue weighted by molar-refractivity contribution is 5.93. The Hall–Kier alpha value is -1.32. The number of allylic oxidation sites excluding steroid dienone is 1. The molecule has 0 aromatic carbocycles. The molecule has 0 atom stereocenters. The maximum absolute atomic E-state index is 9.93. The van der Waals surface area contributed by atoms with Crippen LogP contribution in [-0.2, 0) is 9.59 Å². The fraction of sp³-hybridized carbons (Fsp3) is 0.556. The van der Waals surface area contributed by atoms with Gasteiger partial charge >= 0.3 is 5.97 Å². The van der Waals surface area contributed by atoms with Gasteiger partial charge < -0.3 is 10.2 Å². The van der Waals surface area contributed by atoms with Gasteiger partial charge in [0.15, 0.2) is 0 Å². The molecule has 0 rings (SSSR count). The summed E-state index contributed by atoms with van der Waals surface area (Å²) in [6.45, 7) is 6.39. The molecule has 13 heavy (non-hydrogen) atoms. The van der Waals surface area contributed by atoms with Crippen LogP contribution in [0.2, 0.25) is 0 Å². The minimum absolute atomic E-state index is 0.0394. The average Bonchev–Trinajstić information content (AvgIpc) is 1.83. The second-order valence-electron chi connectivity index (χ2n) is 2.56. The van der Waals surface area contributed by atoms with Crippen LogP contribution in [0.15, 0.2) is 12.3 Å². The van der Waals surface area contributed by atoms with Crippen molar-refractivity contribution in [3.05, 3.63) is 12.3 Å². The monoisotopic (exact) mass is 187 g/mol. The minimum atomic E-state index is -1.06. The van der Waals surface area contributed by atoms with Gasteiger partial charge in [0.1, 0.15) is 12.2 Å². The molecule has 0 radical (unpaired) electrons. The SMILES string of the molecule is C=C([O-])CCC.CC(=O)CC(=O)O. The molecule has 0 saturated heterocycles. The summed E-state index contributed by atoms with van der Waals surface area (Å²) in [5.74, 6) is -1.34. The lowest BCUT2D eigenvalue weighted by atomic mass is 10.3. The van der Waals surface area contributed by atoms with E-state index in [4.69, 9.17) is 5.11 Å². The minimum Gasteiger partial charge on any atom is -0.876 e. The zero-order valence-corrected chi connectivity index (χ0v) is 8.00. The van der Waals surface area contributed by atoms with Crippen molar-refractivity contribution < 1.29 is 19.8 Å². The number of hydrogen-bond acceptors (Lipinski definition) is 3. The van der Waals surface area contributed by atoms with Crippen LogP contribution in [0.5, 0.6) is 0 Å². The van der Waals surface area contributed by atoms with Gasteiger partial charge in [0.05, 0.1) is 0 Å². The largest absolute Gasteiger partial charge is 0.876 e. The Morgan fingerprint density at radius 2 is 1.92 bits per heavy atom. The third kappa shape index (κ3) is 24.9. The summed E-state index contributed by atoms with van der Waals surface area (Å²) < 4.78 is 0. The molecule has 4 heteroatoms. The number of Topliss-reactive ketones (excluding diaryl/α,β-unsaturated/α-hetero) is 1. The average molecular weight is 187 g/mol. The van der Waals surface area contributed by atoms with Crippen LogP contribution < -0.4 is 5.11 Å². The smallest absolute Gasteiger partial charge is 0.310 e. The highest BCUT2D eigenvalue weighted by Gasteiger charge is 1.98. The molecule has 0 unspecified atom stereocenters. The number of ketones is 1. The van der Waals surface area contributed by atoms with Crippen molar-refractivity contribution in [2.45, 2.75) is 33.1 Å². The van der Waals surface area contributed by atoms with Crippen LogP contribution in [0.3, 0.4) is 0 Å². The van der Waals surface area contributed by atoms with Gasteiger partial charge in [-0.1, -0.05) is 13.3 Å². The Kier molecular flexibility index (Phi) is 9.60. The standard InChI is InChI=1S/C5H10O.C4H6O3/c1-3-4-5(2)6;1-3(5)2-4(6)7/h6H,2-4H2,1H3;2H2,1H3,(H,6,7)/p-1. The van der Waals surface area contributed by atoms with Crippen LogP contribution in [0.25, 0.3) is 0 Å². The van der Waals surface area contributed by atoms with E-state index in [-0.39, 0.29) is 18.0 Å². The first-order valence-corrected chi connectivity index (χ1v) is 3.96. The van der Waals surface area contributed by atoms with E-state index >= 15 is 0 Å². The van der Waals surface area contributed by atoms with Crippen LogP contribution in [0.4, 0.5) is 0 Å². The maximum Gasteiger partial charge on any atom is 0.310 e. The Labute approximate surface area is 77.9 Å². The Morgan fingerprint density at radius 1 is 1.46 bits per heavy atom. The second kappa shape index (κ2) is 8.77. The lowest BCUT2D eigenvalue weighted by molar-refractivity contribution is -0.305. The summed E-state index contributed by atoms with van der Waals surface area (Å²) in [4.78, 5) is 19.5. The molecular weight excluding hydrogens is 172 g/mol. The van der Waals surface area contributed by atoms with E-state index in [1.165, 1.54) is 6.92 Å². The van der Waals surface area contributed by atoms with Crippen molar-refractivity contribution in [1.29, 1.82) is 0 Å². The van der Waals surface area contributed by atoms with E-state index in [2.05, 4.69) is 6.58 Å². The highest BCUT2D eigenvalue weighted by atomic mass is 16.4. The van der Waals surface area contributed by atoms with Crippen molar-refractivity contribution in [2.24, 2.45) is 0 Å². The third-order valence-corrected chi connectivity index (χ3v) is 0.929. The van der Waals surface area contributed by atoms with Crippen molar-refractivity contribution in [3.8, 4) is 0 Å². The fourth-order valence-corrected chi connectivity index (χ4v) is 0.492. The van der Waals surface area contributed by atoms with E-state index in [9.17, 15) is 14.7 Å². The first-order chi connectivity index (χ1) is 5.90. The molecule has 0 aliphatic carbocycles. The molecule has 0 bridgehead atoms. The van der Waals surface area contributed by atoms with Gasteiger partial charge in [-0.05, 0) is 13.3 Å². The summed E-state index contributed by atoms with van der Waals surface area (Å²) in [7, 11) is 0. The van der Waals surface area contributed by atoms with Gasteiger partial charge in [-0.2, -0.15) is 0 Å². The van der Waals surface area contributed by atoms with Crippen LogP contribution in [0.1, 0.15) is 33.1 Å². The first-order valence-electron chi connectivity index (χ1n) is 3.96. The van der Waals surface area contributed by atoms with Crippen LogP contribution in [0, 0.1) is 0 Å². The Balaban J connectivity index is 0. The molecule has 0 aliphatic rings. The lowest BCUT2D eigenvalue weighted by Crippen LogP contribution is -2.00. The maximum atomic E-state index is 9.93. The fourth-order valence-electron chi connectivity index (χ4n) is 0.492. The summed E-state index contributed by atoms with van der Waals surface area (Å²) in [5.41, 5.74) is 0. The predicted molar refractivity (Wildman–Crippen MR) is 47.0 cm³/mol. The summed E-state index contributed by atoms with van der Waals surface area (Å²) in [5, 5.41) is 17.8. The Bertz CT molecular complexity index is 172. The van der Waals surface area contributed by atoms with Crippen LogP contribution >= 0.6 is 0 Å². The molecule has 0 amide bonds. The highest BCUT2D eigenvalue weighted by Crippen LogP contribution is 1.89. The number of carbonyl (C=O) groups is 2. The zero-order chi connectivity index (χ0) is 10.9. The molecule has 0 aliphatic heterocycles. The van der Waals surface area contributed by atoms with E-state index in [0.29, 0.717) is 6.42 Å². The third-order valence-electron chi connectivity index (χ3n) is 0.929. The van der Waals surface area contributed by atoms with Gasteiger partial charge in [-0.3, -0.25) is 9.59 Å². The van der Waals surface area contributed by atoms with Crippen molar-refractivity contribution in [3.63, 3.8) is 0 Å². The summed E-state index contributed by atoms with van der Waals surface area (Å²) >= 11 is 0. The van der Waals surface area contributed by atoms with E-state index < -0.39 is 5.97 Å². The number of carboxylic acid groups (broad SMARTS) is 1.